The average molecular weight is 438 g/mol. The van der Waals surface area contributed by atoms with Gasteiger partial charge in [0.2, 0.25) is 0 Å². The van der Waals surface area contributed by atoms with E-state index in [2.05, 4.69) is 10.6 Å². The molecule has 7 heteroatoms. The minimum atomic E-state index is -0.831. The van der Waals surface area contributed by atoms with Crippen LogP contribution in [0.5, 0.6) is 0 Å². The first-order valence-electron chi connectivity index (χ1n) is 11.5. The van der Waals surface area contributed by atoms with E-state index in [1.165, 1.54) is 4.90 Å². The van der Waals surface area contributed by atoms with Gasteiger partial charge in [-0.1, -0.05) is 26.0 Å². The Balaban J connectivity index is 3.09. The Morgan fingerprint density at radius 2 is 1.81 bits per heavy atom. The number of hydrogen-bond acceptors (Lipinski definition) is 6. The maximum atomic E-state index is 13.3. The fourth-order valence-corrected chi connectivity index (χ4v) is 4.09. The number of cyclic esters (lactones) is 1. The number of nitrogens with zero attached hydrogens (tertiary/aromatic N) is 1. The van der Waals surface area contributed by atoms with E-state index in [0.717, 1.165) is 12.8 Å². The Bertz CT molecular complexity index is 647. The number of nitrogens with one attached hydrogen (secondary N) is 2. The Hall–Kier alpha value is -1.73. The van der Waals surface area contributed by atoms with Gasteiger partial charge in [-0.2, -0.15) is 0 Å². The van der Waals surface area contributed by atoms with E-state index in [4.69, 9.17) is 4.74 Å². The van der Waals surface area contributed by atoms with Crippen molar-refractivity contribution in [1.82, 2.24) is 15.5 Å². The molecule has 0 fully saturated rings. The third-order valence-corrected chi connectivity index (χ3v) is 5.93. The molecule has 0 bridgehead atoms. The first kappa shape index (κ1) is 27.3. The Morgan fingerprint density at radius 1 is 1.13 bits per heavy atom. The SMILES string of the molecule is CC(C)N[C@]1(C)CCC/C=C/COC(=O)N(C)CCC[C@](C)(C(=O)C(C)C)NCC1=O. The summed E-state index contributed by atoms with van der Waals surface area (Å²) in [7, 11) is 1.70. The van der Waals surface area contributed by atoms with Crippen molar-refractivity contribution in [1.29, 1.82) is 0 Å². The lowest BCUT2D eigenvalue weighted by molar-refractivity contribution is -0.129. The molecule has 0 saturated carbocycles. The highest BCUT2D eigenvalue weighted by Crippen LogP contribution is 2.21. The molecule has 2 N–H and O–H groups in total. The molecule has 2 atom stereocenters. The zero-order chi connectivity index (χ0) is 23.7. The van der Waals surface area contributed by atoms with Gasteiger partial charge >= 0.3 is 6.09 Å². The highest BCUT2D eigenvalue weighted by Gasteiger charge is 2.38. The molecule has 178 valence electrons. The Kier molecular flexibility index (Phi) is 10.9. The fraction of sp³-hybridized carbons (Fsp3) is 0.792. The van der Waals surface area contributed by atoms with Crippen LogP contribution in [0.3, 0.4) is 0 Å². The third-order valence-electron chi connectivity index (χ3n) is 5.93. The third kappa shape index (κ3) is 8.73. The smallest absolute Gasteiger partial charge is 0.409 e. The molecule has 0 aromatic heterocycles. The zero-order valence-corrected chi connectivity index (χ0v) is 20.5. The first-order valence-corrected chi connectivity index (χ1v) is 11.5. The largest absolute Gasteiger partial charge is 0.445 e. The van der Waals surface area contributed by atoms with Crippen molar-refractivity contribution in [3.8, 4) is 0 Å². The van der Waals surface area contributed by atoms with Gasteiger partial charge in [0, 0.05) is 25.6 Å². The van der Waals surface area contributed by atoms with Crippen LogP contribution in [0.15, 0.2) is 12.2 Å². The van der Waals surface area contributed by atoms with E-state index in [-0.39, 0.29) is 42.8 Å². The molecule has 0 aliphatic carbocycles. The Labute approximate surface area is 188 Å². The molecule has 0 aromatic rings. The van der Waals surface area contributed by atoms with Crippen molar-refractivity contribution >= 4 is 17.7 Å². The summed E-state index contributed by atoms with van der Waals surface area (Å²) in [4.78, 5) is 39.9. The molecule has 1 heterocycles. The predicted octanol–water partition coefficient (Wildman–Crippen LogP) is 3.47. The molecule has 0 unspecified atom stereocenters. The minimum absolute atomic E-state index is 0.0629. The topological polar surface area (TPSA) is 87.7 Å². The summed E-state index contributed by atoms with van der Waals surface area (Å²) in [5, 5.41) is 6.72. The maximum Gasteiger partial charge on any atom is 0.409 e. The fourth-order valence-electron chi connectivity index (χ4n) is 4.09. The van der Waals surface area contributed by atoms with Gasteiger partial charge in [0.15, 0.2) is 11.6 Å². The summed E-state index contributed by atoms with van der Waals surface area (Å²) in [6, 6.07) is 0.164. The second-order valence-corrected chi connectivity index (χ2v) is 9.72. The van der Waals surface area contributed by atoms with Gasteiger partial charge in [-0.3, -0.25) is 14.9 Å². The molecule has 0 aromatic carbocycles. The molecule has 0 radical (unpaired) electrons. The van der Waals surface area contributed by atoms with Crippen LogP contribution >= 0.6 is 0 Å². The highest BCUT2D eigenvalue weighted by molar-refractivity contribution is 5.93. The number of ketones is 2. The molecule has 1 aliphatic rings. The van der Waals surface area contributed by atoms with Crippen molar-refractivity contribution in [2.45, 2.75) is 90.8 Å². The van der Waals surface area contributed by atoms with Crippen molar-refractivity contribution in [3.05, 3.63) is 12.2 Å². The molecule has 1 amide bonds. The van der Waals surface area contributed by atoms with Crippen LogP contribution in [-0.2, 0) is 14.3 Å². The number of ether oxygens (including phenoxy) is 1. The van der Waals surface area contributed by atoms with Crippen molar-refractivity contribution in [2.24, 2.45) is 5.92 Å². The summed E-state index contributed by atoms with van der Waals surface area (Å²) < 4.78 is 5.28. The van der Waals surface area contributed by atoms with Gasteiger partial charge in [-0.05, 0) is 59.8 Å². The lowest BCUT2D eigenvalue weighted by Crippen LogP contribution is -2.59. The zero-order valence-electron chi connectivity index (χ0n) is 20.5. The number of allylic oxidation sites excluding steroid dienone is 1. The quantitative estimate of drug-likeness (QED) is 0.655. The predicted molar refractivity (Wildman–Crippen MR) is 124 cm³/mol. The molecule has 0 saturated heterocycles. The molecular formula is C24H43N3O4. The van der Waals surface area contributed by atoms with E-state index in [9.17, 15) is 14.4 Å². The molecule has 7 nitrogen and oxygen atoms in total. The van der Waals surface area contributed by atoms with E-state index in [0.29, 0.717) is 25.8 Å². The molecule has 0 spiro atoms. The van der Waals surface area contributed by atoms with Crippen LogP contribution in [0.4, 0.5) is 4.79 Å². The molecule has 31 heavy (non-hydrogen) atoms. The lowest BCUT2D eigenvalue weighted by atomic mass is 9.83. The Morgan fingerprint density at radius 3 is 2.42 bits per heavy atom. The van der Waals surface area contributed by atoms with Gasteiger partial charge in [0.1, 0.15) is 6.61 Å². The standard InChI is InChI=1S/C24H43N3O4/c1-18(2)21(29)24(6)14-12-15-27(7)22(30)31-16-11-9-8-10-13-23(5,26-19(3)4)20(28)17-25-24/h9,11,18-19,25-26H,8,10,12-17H2,1-7H3/b11-9+/t23-,24-/m1/s1. The summed E-state index contributed by atoms with van der Waals surface area (Å²) in [6.07, 6.45) is 6.93. The summed E-state index contributed by atoms with van der Waals surface area (Å²) in [5.41, 5.74) is -1.50. The monoisotopic (exact) mass is 437 g/mol. The van der Waals surface area contributed by atoms with Crippen molar-refractivity contribution in [3.63, 3.8) is 0 Å². The van der Waals surface area contributed by atoms with Crippen LogP contribution in [0, 0.1) is 5.92 Å². The van der Waals surface area contributed by atoms with Crippen LogP contribution < -0.4 is 10.6 Å². The van der Waals surface area contributed by atoms with Gasteiger partial charge < -0.3 is 15.0 Å². The van der Waals surface area contributed by atoms with Crippen LogP contribution in [-0.4, -0.2) is 66.4 Å². The van der Waals surface area contributed by atoms with Gasteiger partial charge in [-0.15, -0.1) is 0 Å². The van der Waals surface area contributed by atoms with Crippen molar-refractivity contribution < 1.29 is 19.1 Å². The summed E-state index contributed by atoms with van der Waals surface area (Å²) >= 11 is 0. The average Bonchev–Trinajstić information content (AvgIpc) is 2.69. The van der Waals surface area contributed by atoms with Gasteiger partial charge in [-0.25, -0.2) is 4.79 Å². The number of hydrogen-bond donors (Lipinski definition) is 2. The molecule has 1 rings (SSSR count). The number of amides is 1. The van der Waals surface area contributed by atoms with E-state index >= 15 is 0 Å². The van der Waals surface area contributed by atoms with E-state index < -0.39 is 11.1 Å². The number of carbonyl (C=O) groups excluding carboxylic acids is 3. The second-order valence-electron chi connectivity index (χ2n) is 9.72. The normalized spacial score (nSPS) is 29.0. The van der Waals surface area contributed by atoms with E-state index in [1.807, 2.05) is 53.7 Å². The summed E-state index contributed by atoms with van der Waals surface area (Å²) in [6.45, 7) is 12.5. The van der Waals surface area contributed by atoms with Crippen LogP contribution in [0.1, 0.15) is 73.6 Å². The lowest BCUT2D eigenvalue weighted by Gasteiger charge is -2.35. The highest BCUT2D eigenvalue weighted by atomic mass is 16.6. The number of carbonyl (C=O) groups is 3. The second kappa shape index (κ2) is 12.3. The van der Waals surface area contributed by atoms with Gasteiger partial charge in [0.05, 0.1) is 17.6 Å². The number of rotatable bonds is 4. The molecule has 1 aliphatic heterocycles. The van der Waals surface area contributed by atoms with E-state index in [1.54, 1.807) is 7.05 Å². The van der Waals surface area contributed by atoms with Crippen LogP contribution in [0.2, 0.25) is 0 Å². The number of Topliss-reactive ketones (excluding diaryl/α,β-unsaturated/α-hetero) is 2. The minimum Gasteiger partial charge on any atom is -0.445 e. The molecular weight excluding hydrogens is 394 g/mol. The summed E-state index contributed by atoms with van der Waals surface area (Å²) in [5.74, 6) is -0.0188. The van der Waals surface area contributed by atoms with Gasteiger partial charge in [0.25, 0.3) is 0 Å². The maximum absolute atomic E-state index is 13.3. The first-order chi connectivity index (χ1) is 14.4. The van der Waals surface area contributed by atoms with Crippen LogP contribution in [0.25, 0.3) is 0 Å². The van der Waals surface area contributed by atoms with Crippen molar-refractivity contribution in [2.75, 3.05) is 26.7 Å².